The van der Waals surface area contributed by atoms with Gasteiger partial charge in [-0.05, 0) is 207 Å². The summed E-state index contributed by atoms with van der Waals surface area (Å²) in [6.07, 6.45) is 5.70. The van der Waals surface area contributed by atoms with Crippen LogP contribution in [0, 0.1) is 0 Å². The summed E-state index contributed by atoms with van der Waals surface area (Å²) in [6, 6.07) is 46.0. The molecule has 1 fully saturated rings. The van der Waals surface area contributed by atoms with Gasteiger partial charge in [0.05, 0.1) is 71.3 Å². The molecule has 2 atom stereocenters. The molecule has 27 nitrogen and oxygen atoms in total. The third-order valence-corrected chi connectivity index (χ3v) is 19.5. The van der Waals surface area contributed by atoms with Crippen molar-refractivity contribution in [2.75, 3.05) is 92.1 Å². The Morgan fingerprint density at radius 2 is 0.879 bits per heavy atom. The Kier molecular flexibility index (Phi) is 29.8. The summed E-state index contributed by atoms with van der Waals surface area (Å²) in [5.41, 5.74) is 12.7. The number of ketones is 1. The van der Waals surface area contributed by atoms with Crippen molar-refractivity contribution in [3.63, 3.8) is 0 Å². The van der Waals surface area contributed by atoms with E-state index in [9.17, 15) is 15.0 Å². The Balaban J connectivity index is 0.000000143. The summed E-state index contributed by atoms with van der Waals surface area (Å²) >= 11 is 0. The molecule has 3 aliphatic rings. The lowest BCUT2D eigenvalue weighted by Crippen LogP contribution is -2.31. The van der Waals surface area contributed by atoms with E-state index in [1.807, 2.05) is 183 Å². The van der Waals surface area contributed by atoms with Gasteiger partial charge in [0.25, 0.3) is 23.6 Å². The zero-order chi connectivity index (χ0) is 81.3. The molecule has 27 heteroatoms. The Labute approximate surface area is 675 Å². The first-order valence-corrected chi connectivity index (χ1v) is 40.0. The summed E-state index contributed by atoms with van der Waals surface area (Å²) in [6.45, 7) is 30.6. The average molecular weight is 1580 g/mol. The number of Topliss-reactive ketones (excluding diaryl/α,β-unsaturated/α-hetero) is 1. The Morgan fingerprint density at radius 3 is 1.34 bits per heavy atom. The van der Waals surface area contributed by atoms with Gasteiger partial charge in [0, 0.05) is 101 Å². The number of carbonyl (C=O) groups is 1. The van der Waals surface area contributed by atoms with Crippen LogP contribution in [0.15, 0.2) is 170 Å². The lowest BCUT2D eigenvalue weighted by atomic mass is 10.0. The molecule has 15 rings (SSSR count). The van der Waals surface area contributed by atoms with E-state index < -0.39 is 0 Å². The van der Waals surface area contributed by atoms with Crippen LogP contribution in [0.3, 0.4) is 0 Å². The number of benzene rings is 7. The number of fused-ring (bicyclic) bond motifs is 2. The maximum Gasteiger partial charge on any atom is 0.258 e. The van der Waals surface area contributed by atoms with E-state index in [1.165, 1.54) is 11.1 Å². The van der Waals surface area contributed by atoms with Gasteiger partial charge in [-0.25, -0.2) is 0 Å². The second kappa shape index (κ2) is 41.4. The molecule has 0 amide bonds. The normalized spacial score (nSPS) is 14.0. The van der Waals surface area contributed by atoms with Crippen LogP contribution in [0.5, 0.6) is 46.0 Å². The molecule has 1 saturated heterocycles. The van der Waals surface area contributed by atoms with Crippen molar-refractivity contribution in [1.82, 2.24) is 60.7 Å². The third-order valence-electron chi connectivity index (χ3n) is 19.5. The maximum absolute atomic E-state index is 12.0. The van der Waals surface area contributed by atoms with E-state index in [2.05, 4.69) is 87.7 Å². The van der Waals surface area contributed by atoms with E-state index in [0.717, 1.165) is 125 Å². The zero-order valence-corrected chi connectivity index (χ0v) is 67.6. The van der Waals surface area contributed by atoms with E-state index in [1.54, 1.807) is 6.20 Å². The van der Waals surface area contributed by atoms with Crippen LogP contribution in [-0.4, -0.2) is 170 Å². The van der Waals surface area contributed by atoms with Crippen LogP contribution in [0.2, 0.25) is 0 Å². The molecule has 116 heavy (non-hydrogen) atoms. The van der Waals surface area contributed by atoms with Crippen molar-refractivity contribution in [2.24, 2.45) is 0 Å². The second-order valence-electron chi connectivity index (χ2n) is 27.0. The van der Waals surface area contributed by atoms with Gasteiger partial charge in [0.1, 0.15) is 0 Å². The highest BCUT2D eigenvalue weighted by molar-refractivity contribution is 6.02. The van der Waals surface area contributed by atoms with Gasteiger partial charge in [0.2, 0.25) is 23.3 Å². The van der Waals surface area contributed by atoms with Crippen LogP contribution in [0.1, 0.15) is 133 Å². The summed E-state index contributed by atoms with van der Waals surface area (Å²) in [4.78, 5) is 39.5. The molecule has 0 bridgehead atoms. The minimum absolute atomic E-state index is 0.0326. The molecular weight excluding hydrogens is 1480 g/mol. The number of hydrogen-bond donors (Lipinski definition) is 3. The molecule has 1 unspecified atom stereocenters. The minimum atomic E-state index is -0.210. The van der Waals surface area contributed by atoms with Gasteiger partial charge >= 0.3 is 0 Å². The zero-order valence-electron chi connectivity index (χ0n) is 67.6. The fraction of sp³-hybridized carbons (Fsp3) is 0.371. The first-order chi connectivity index (χ1) is 56.8. The molecule has 7 aromatic carbocycles. The van der Waals surface area contributed by atoms with E-state index in [0.29, 0.717) is 171 Å². The number of aliphatic hydroxyl groups is 2. The monoisotopic (exact) mass is 1580 g/mol. The van der Waals surface area contributed by atoms with E-state index in [4.69, 9.17) is 61.0 Å². The second-order valence-corrected chi connectivity index (χ2v) is 27.0. The van der Waals surface area contributed by atoms with E-state index in [-0.39, 0.29) is 18.5 Å². The SMILES string of the molecule is CCOc1ccc(-c2nc(-c3cccc(CO)c3)no2)cc1OCC.CCOc1ccc(-c2nc(-c3cccc4c3CCC4=O)no2)cc1OCC.CCOc1ccc(-c2nc(-c3cccc4c3CCC4N3CC[C@@H](O)C3)no2)cc1OCC.CCOc1ccc(-c2nc(-c3ccnc(CNCCN(CC)CC)c3)no2)cc1OCC. The first kappa shape index (κ1) is 83.5. The lowest BCUT2D eigenvalue weighted by molar-refractivity contribution is 0.0994. The molecule has 1 aliphatic heterocycles. The van der Waals surface area contributed by atoms with Crippen molar-refractivity contribution in [2.45, 2.75) is 127 Å². The highest BCUT2D eigenvalue weighted by atomic mass is 16.5. The molecule has 0 saturated carbocycles. The predicted molar refractivity (Wildman–Crippen MR) is 439 cm³/mol. The number of nitrogens with zero attached hydrogens (tertiary/aromatic N) is 11. The highest BCUT2D eigenvalue weighted by Gasteiger charge is 2.35. The number of pyridine rings is 1. The first-order valence-electron chi connectivity index (χ1n) is 40.0. The largest absolute Gasteiger partial charge is 0.490 e. The average Bonchev–Trinajstić information content (AvgIpc) is 1.61. The number of carbonyl (C=O) groups excluding carboxylic acids is 1. The van der Waals surface area contributed by atoms with Crippen molar-refractivity contribution < 1.29 is 71.0 Å². The van der Waals surface area contributed by atoms with Gasteiger partial charge in [-0.2, -0.15) is 19.9 Å². The molecule has 6 heterocycles. The molecule has 12 aromatic rings. The number of β-amino-alcohol motifs (C(OH)–C–C–N with tert-alkyl or cyclic N) is 1. The standard InChI is InChI=1S/C25H29N3O4.C24H33N5O3.C21H20N2O4.C19H20N2O4/c1-3-30-22-11-8-16(14-23(22)31-4-2)25-26-24(27-32-25)20-7-5-6-19-18(20)9-10-21(19)28-13-12-17(29)15-28;1-5-29(6-2)14-13-25-17-20-15-18(11-12-26-20)23-27-24(32-28-23)19-9-10-21(30-7-3)22(16-19)31-8-4;1-3-25-18-11-8-13(12-19(18)26-4-2)21-22-20(23-27-21)16-7-5-6-15-14(16)9-10-17(15)24;1-3-23-16-9-8-15(11-17(16)24-4-2)19-20-18(21-25-19)14-7-5-6-13(10-14)12-22/h5-8,11,14,17,21,29H,3-4,9-10,12-13,15H2,1-2H3;9-12,15-16,25H,5-8,13-14,17H2,1-4H3;5-8,11-12H,3-4,9-10H2,1-2H3;5-11,22H,3-4,12H2,1-2H3/t17-,21?;;;/m1.../s1. The fourth-order valence-corrected chi connectivity index (χ4v) is 14.0. The van der Waals surface area contributed by atoms with Crippen molar-refractivity contribution in [3.05, 3.63) is 185 Å². The molecule has 0 radical (unpaired) electrons. The van der Waals surface area contributed by atoms with Gasteiger partial charge in [-0.1, -0.05) is 89.1 Å². The lowest BCUT2D eigenvalue weighted by Gasteiger charge is -2.24. The predicted octanol–water partition coefficient (Wildman–Crippen LogP) is 16.3. The molecule has 5 aromatic heterocycles. The van der Waals surface area contributed by atoms with E-state index >= 15 is 0 Å². The van der Waals surface area contributed by atoms with Crippen LogP contribution in [-0.2, 0) is 26.0 Å². The molecule has 2 aliphatic carbocycles. The topological polar surface area (TPSA) is 318 Å². The van der Waals surface area contributed by atoms with Gasteiger partial charge < -0.3 is 76.4 Å². The van der Waals surface area contributed by atoms with Crippen LogP contribution in [0.25, 0.3) is 91.4 Å². The summed E-state index contributed by atoms with van der Waals surface area (Å²) in [7, 11) is 0. The van der Waals surface area contributed by atoms with Crippen molar-refractivity contribution >= 4 is 5.78 Å². The number of hydrogen-bond acceptors (Lipinski definition) is 27. The number of ether oxygens (including phenoxy) is 8. The van der Waals surface area contributed by atoms with Crippen molar-refractivity contribution in [3.8, 4) is 137 Å². The number of rotatable bonds is 33. The molecule has 608 valence electrons. The minimum Gasteiger partial charge on any atom is -0.490 e. The highest BCUT2D eigenvalue weighted by Crippen LogP contribution is 2.44. The number of nitrogens with one attached hydrogen (secondary N) is 1. The van der Waals surface area contributed by atoms with Gasteiger partial charge in [-0.15, -0.1) is 0 Å². The van der Waals surface area contributed by atoms with Crippen LogP contribution in [0.4, 0.5) is 0 Å². The quantitative estimate of drug-likeness (QED) is 0.0322. The maximum atomic E-state index is 12.0. The smallest absolute Gasteiger partial charge is 0.258 e. The number of aromatic nitrogens is 9. The Hall–Kier alpha value is -11.9. The summed E-state index contributed by atoms with van der Waals surface area (Å²) < 4.78 is 67.2. The number of likely N-dealkylation sites (N-methyl/N-ethyl adjacent to an activating group) is 1. The number of aliphatic hydroxyl groups excluding tert-OH is 2. The number of likely N-dealkylation sites (tertiary alicyclic amines) is 1. The summed E-state index contributed by atoms with van der Waals surface area (Å²) in [5.74, 6) is 9.33. The van der Waals surface area contributed by atoms with Crippen LogP contribution >= 0.6 is 0 Å². The van der Waals surface area contributed by atoms with Gasteiger partial charge in [-0.3, -0.25) is 14.7 Å². The Bertz CT molecular complexity index is 5170. The summed E-state index contributed by atoms with van der Waals surface area (Å²) in [5, 5.41) is 39.3. The fourth-order valence-electron chi connectivity index (χ4n) is 14.0. The molecular formula is C89H102N12O15. The Morgan fingerprint density at radius 1 is 0.448 bits per heavy atom. The van der Waals surface area contributed by atoms with Crippen molar-refractivity contribution in [1.29, 1.82) is 0 Å². The molecule has 0 spiro atoms. The van der Waals surface area contributed by atoms with Gasteiger partial charge in [0.15, 0.2) is 51.8 Å². The van der Waals surface area contributed by atoms with Crippen LogP contribution < -0.4 is 43.2 Å². The molecule has 3 N–H and O–H groups in total. The third kappa shape index (κ3) is 20.8.